The number of nitrogens with one attached hydrogen (secondary N) is 3. The summed E-state index contributed by atoms with van der Waals surface area (Å²) in [4.78, 5) is 68.7. The molecule has 1 aromatic heterocycles. The maximum Gasteiger partial charge on any atom is 0.328 e. The molecule has 3 fully saturated rings. The van der Waals surface area contributed by atoms with E-state index in [9.17, 15) is 28.4 Å². The van der Waals surface area contributed by atoms with E-state index in [0.29, 0.717) is 61.4 Å². The van der Waals surface area contributed by atoms with Crippen LogP contribution in [0.1, 0.15) is 25.7 Å². The van der Waals surface area contributed by atoms with Gasteiger partial charge in [0, 0.05) is 81.5 Å². The molecule has 0 unspecified atom stereocenters. The summed E-state index contributed by atoms with van der Waals surface area (Å²) in [6, 6.07) is 12.6. The number of piperidine rings is 1. The third-order valence-electron chi connectivity index (χ3n) is 9.29. The summed E-state index contributed by atoms with van der Waals surface area (Å²) in [5, 5.41) is 23.6. The zero-order valence-electron chi connectivity index (χ0n) is 29.5. The van der Waals surface area contributed by atoms with Crippen LogP contribution in [-0.2, 0) is 19.2 Å². The van der Waals surface area contributed by atoms with Crippen LogP contribution < -0.4 is 20.7 Å². The van der Waals surface area contributed by atoms with E-state index in [1.807, 2.05) is 0 Å². The molecule has 3 aromatic rings. The lowest BCUT2D eigenvalue weighted by Gasteiger charge is -2.42. The molecule has 17 heteroatoms. The van der Waals surface area contributed by atoms with Crippen molar-refractivity contribution in [3.05, 3.63) is 84.6 Å². The van der Waals surface area contributed by atoms with Crippen molar-refractivity contribution in [2.45, 2.75) is 31.7 Å². The van der Waals surface area contributed by atoms with Gasteiger partial charge in [0.15, 0.2) is 0 Å². The Hall–Kier alpha value is -5.94. The summed E-state index contributed by atoms with van der Waals surface area (Å²) in [6.45, 7) is 5.60. The van der Waals surface area contributed by atoms with E-state index in [2.05, 4.69) is 37.8 Å². The average molecular weight is 750 g/mol. The lowest BCUT2D eigenvalue weighted by Crippen LogP contribution is -2.53. The second-order valence-corrected chi connectivity index (χ2v) is 13.1. The molecule has 15 nitrogen and oxygen atoms in total. The maximum atomic E-state index is 15.0. The van der Waals surface area contributed by atoms with Gasteiger partial charge in [-0.05, 0) is 75.2 Å². The van der Waals surface area contributed by atoms with Crippen molar-refractivity contribution in [1.29, 1.82) is 0 Å². The molecule has 1 aliphatic carbocycles. The van der Waals surface area contributed by atoms with E-state index in [-0.39, 0.29) is 17.5 Å². The van der Waals surface area contributed by atoms with Crippen molar-refractivity contribution in [1.82, 2.24) is 19.7 Å². The first-order valence-electron chi connectivity index (χ1n) is 17.3. The number of aromatic nitrogens is 1. The number of halogens is 2. The Kier molecular flexibility index (Phi) is 12.9. The van der Waals surface area contributed by atoms with Crippen molar-refractivity contribution in [3.8, 4) is 11.5 Å². The normalized spacial score (nSPS) is 17.1. The molecule has 0 radical (unpaired) electrons. The maximum absolute atomic E-state index is 15.0. The molecule has 1 saturated carbocycles. The summed E-state index contributed by atoms with van der Waals surface area (Å²) >= 11 is 0. The molecule has 0 atom stereocenters. The van der Waals surface area contributed by atoms with Gasteiger partial charge in [-0.1, -0.05) is 0 Å². The molecular formula is C37H41F2N7O8. The number of amides is 4. The third kappa shape index (κ3) is 10.8. The smallest absolute Gasteiger partial charge is 0.328 e. The minimum atomic E-state index is -1.33. The van der Waals surface area contributed by atoms with Crippen molar-refractivity contribution in [3.63, 3.8) is 0 Å². The Bertz CT molecular complexity index is 1860. The number of piperazine rings is 1. The number of carbonyl (C=O) groups excluding carboxylic acids is 3. The van der Waals surface area contributed by atoms with E-state index < -0.39 is 40.8 Å². The number of hydrogen-bond acceptors (Lipinski definition) is 9. The molecule has 3 heterocycles. The standard InChI is InChI=1S/C33H37F2N7O4.C4H4O4/c1-40-16-18-41(19-17-40)24-9-14-42(15-10-24)32(45)39-29-21-26(8-13-36-29)46-25-6-7-28(27(35)20-25)38-31(44)33(11-12-33)30(43)37-23-4-2-22(34)3-5-23;5-3(6)1-2-4(7)8/h2-8,13,20-21,24H,9-12,14-19H2,1H3,(H,37,43)(H,38,44)(H,36,39,45);1-2H,(H,5,6)(H,7,8). The molecule has 6 rings (SSSR count). The second-order valence-electron chi connectivity index (χ2n) is 13.1. The largest absolute Gasteiger partial charge is 0.478 e. The van der Waals surface area contributed by atoms with E-state index in [1.165, 1.54) is 42.6 Å². The summed E-state index contributed by atoms with van der Waals surface area (Å²) in [6.07, 6.45) is 5.08. The monoisotopic (exact) mass is 749 g/mol. The highest BCUT2D eigenvalue weighted by Crippen LogP contribution is 2.47. The number of urea groups is 1. The molecule has 2 aliphatic heterocycles. The minimum Gasteiger partial charge on any atom is -0.478 e. The first kappa shape index (κ1) is 39.3. The summed E-state index contributed by atoms with van der Waals surface area (Å²) in [5.74, 6) is -4.06. The minimum absolute atomic E-state index is 0.0997. The van der Waals surface area contributed by atoms with Gasteiger partial charge in [-0.25, -0.2) is 28.1 Å². The number of nitrogens with zero attached hydrogens (tertiary/aromatic N) is 4. The summed E-state index contributed by atoms with van der Waals surface area (Å²) < 4.78 is 34.0. The average Bonchev–Trinajstić information content (AvgIpc) is 3.96. The second kappa shape index (κ2) is 17.7. The van der Waals surface area contributed by atoms with E-state index in [4.69, 9.17) is 14.9 Å². The molecule has 2 saturated heterocycles. The number of carbonyl (C=O) groups is 5. The zero-order chi connectivity index (χ0) is 38.8. The van der Waals surface area contributed by atoms with Gasteiger partial charge in [0.25, 0.3) is 0 Å². The predicted molar refractivity (Wildman–Crippen MR) is 193 cm³/mol. The van der Waals surface area contributed by atoms with Gasteiger partial charge in [-0.3, -0.25) is 19.8 Å². The van der Waals surface area contributed by atoms with Crippen LogP contribution >= 0.6 is 0 Å². The van der Waals surface area contributed by atoms with Gasteiger partial charge >= 0.3 is 18.0 Å². The number of benzene rings is 2. The Labute approximate surface area is 309 Å². The van der Waals surface area contributed by atoms with Crippen molar-refractivity contribution < 1.29 is 47.7 Å². The van der Waals surface area contributed by atoms with Gasteiger partial charge in [-0.15, -0.1) is 0 Å². The first-order chi connectivity index (χ1) is 25.8. The Morgan fingerprint density at radius 3 is 2.00 bits per heavy atom. The molecule has 5 N–H and O–H groups in total. The van der Waals surface area contributed by atoms with E-state index in [1.54, 1.807) is 17.0 Å². The number of anilines is 3. The van der Waals surface area contributed by atoms with E-state index >= 15 is 4.39 Å². The number of hydrogen-bond donors (Lipinski definition) is 5. The summed E-state index contributed by atoms with van der Waals surface area (Å²) in [5.41, 5.74) is -1.07. The molecular weight excluding hydrogens is 708 g/mol. The molecule has 54 heavy (non-hydrogen) atoms. The van der Waals surface area contributed by atoms with Crippen LogP contribution in [0.4, 0.5) is 30.8 Å². The molecule has 4 amide bonds. The molecule has 3 aliphatic rings. The highest BCUT2D eigenvalue weighted by molar-refractivity contribution is 6.17. The lowest BCUT2D eigenvalue weighted by atomic mass is 10.0. The van der Waals surface area contributed by atoms with Gasteiger partial charge in [-0.2, -0.15) is 0 Å². The molecule has 286 valence electrons. The van der Waals surface area contributed by atoms with Crippen LogP contribution in [0.5, 0.6) is 11.5 Å². The molecule has 0 bridgehead atoms. The number of likely N-dealkylation sites (N-methyl/N-ethyl adjacent to an activating group) is 1. The topological polar surface area (TPSA) is 194 Å². The Balaban J connectivity index is 0.000000631. The zero-order valence-corrected chi connectivity index (χ0v) is 29.5. The van der Waals surface area contributed by atoms with Crippen molar-refractivity contribution in [2.24, 2.45) is 5.41 Å². The number of rotatable bonds is 10. The van der Waals surface area contributed by atoms with Crippen molar-refractivity contribution in [2.75, 3.05) is 62.3 Å². The lowest BCUT2D eigenvalue weighted by molar-refractivity contribution is -0.134. The Morgan fingerprint density at radius 2 is 1.41 bits per heavy atom. The number of pyridine rings is 1. The first-order valence-corrected chi connectivity index (χ1v) is 17.3. The predicted octanol–water partition coefficient (Wildman–Crippen LogP) is 4.47. The van der Waals surface area contributed by atoms with Crippen LogP contribution in [0.2, 0.25) is 0 Å². The van der Waals surface area contributed by atoms with Crippen LogP contribution in [-0.4, -0.2) is 112 Å². The van der Waals surface area contributed by atoms with Gasteiger partial charge < -0.3 is 35.4 Å². The fourth-order valence-corrected chi connectivity index (χ4v) is 6.00. The number of carboxylic acid groups (broad SMARTS) is 2. The Morgan fingerprint density at radius 1 is 0.796 bits per heavy atom. The van der Waals surface area contributed by atoms with Crippen LogP contribution in [0.25, 0.3) is 0 Å². The quantitative estimate of drug-likeness (QED) is 0.145. The van der Waals surface area contributed by atoms with Gasteiger partial charge in [0.05, 0.1) is 5.69 Å². The molecule has 2 aromatic carbocycles. The van der Waals surface area contributed by atoms with Gasteiger partial charge in [0.1, 0.15) is 34.4 Å². The number of aliphatic carboxylic acids is 2. The highest BCUT2D eigenvalue weighted by Gasteiger charge is 2.56. The third-order valence-corrected chi connectivity index (χ3v) is 9.29. The van der Waals surface area contributed by atoms with E-state index in [0.717, 1.165) is 45.1 Å². The fourth-order valence-electron chi connectivity index (χ4n) is 6.00. The van der Waals surface area contributed by atoms with Gasteiger partial charge in [0.2, 0.25) is 11.8 Å². The fraction of sp³-hybridized carbons (Fsp3) is 0.351. The van der Waals surface area contributed by atoms with Crippen molar-refractivity contribution >= 4 is 47.0 Å². The van der Waals surface area contributed by atoms with Crippen LogP contribution in [0.15, 0.2) is 72.9 Å². The highest BCUT2D eigenvalue weighted by atomic mass is 19.1. The number of carboxylic acids is 2. The summed E-state index contributed by atoms with van der Waals surface area (Å²) in [7, 11) is 2.14. The SMILES string of the molecule is CN1CCN(C2CCN(C(=O)Nc3cc(Oc4ccc(NC(=O)C5(C(=O)Nc6ccc(F)cc6)CC5)c(F)c4)ccn3)CC2)CC1.O=C(O)C=CC(=O)O. The number of likely N-dealkylation sites (tertiary alicyclic amines) is 1. The number of ether oxygens (including phenoxy) is 1. The molecule has 0 spiro atoms. The van der Waals surface area contributed by atoms with Crippen LogP contribution in [0.3, 0.4) is 0 Å². The van der Waals surface area contributed by atoms with Crippen LogP contribution in [0, 0.1) is 17.0 Å².